The Labute approximate surface area is 174 Å². The van der Waals surface area contributed by atoms with Crippen molar-refractivity contribution in [1.82, 2.24) is 5.32 Å². The highest BCUT2D eigenvalue weighted by molar-refractivity contribution is 7.98. The number of carbonyl (C=O) groups excluding carboxylic acids is 1. The molecule has 1 N–H and O–H groups in total. The molecule has 0 saturated carbocycles. The Morgan fingerprint density at radius 3 is 2.86 bits per heavy atom. The van der Waals surface area contributed by atoms with Crippen LogP contribution in [0.2, 0.25) is 5.02 Å². The Kier molecular flexibility index (Phi) is 7.48. The number of ether oxygens (including phenoxy) is 3. The second kappa shape index (κ2) is 10.0. The molecule has 1 atom stereocenters. The van der Waals surface area contributed by atoms with Crippen LogP contribution in [-0.4, -0.2) is 38.6 Å². The van der Waals surface area contributed by atoms with Crippen molar-refractivity contribution in [2.75, 3.05) is 26.6 Å². The van der Waals surface area contributed by atoms with E-state index in [-0.39, 0.29) is 12.0 Å². The molecule has 2 aromatic rings. The fourth-order valence-electron chi connectivity index (χ4n) is 2.98. The van der Waals surface area contributed by atoms with Gasteiger partial charge in [0.05, 0.1) is 23.8 Å². The van der Waals surface area contributed by atoms with Gasteiger partial charge >= 0.3 is 0 Å². The van der Waals surface area contributed by atoms with E-state index in [9.17, 15) is 4.79 Å². The number of hydrogen-bond donors (Lipinski definition) is 1. The van der Waals surface area contributed by atoms with Gasteiger partial charge in [0.15, 0.2) is 11.5 Å². The molecule has 1 heterocycles. The summed E-state index contributed by atoms with van der Waals surface area (Å²) in [5.74, 6) is 1.09. The highest BCUT2D eigenvalue weighted by Crippen LogP contribution is 2.29. The van der Waals surface area contributed by atoms with Crippen LogP contribution in [0.15, 0.2) is 41.3 Å². The Bertz CT molecular complexity index is 824. The number of rotatable bonds is 8. The lowest BCUT2D eigenvalue weighted by Gasteiger charge is -2.15. The van der Waals surface area contributed by atoms with E-state index in [0.29, 0.717) is 35.2 Å². The first-order valence-corrected chi connectivity index (χ1v) is 10.7. The molecule has 1 aliphatic rings. The van der Waals surface area contributed by atoms with Gasteiger partial charge in [-0.3, -0.25) is 4.79 Å². The first-order chi connectivity index (χ1) is 13.6. The molecule has 0 radical (unpaired) electrons. The zero-order chi connectivity index (χ0) is 19.9. The van der Waals surface area contributed by atoms with Crippen LogP contribution in [0, 0.1) is 0 Å². The summed E-state index contributed by atoms with van der Waals surface area (Å²) in [6, 6.07) is 11.1. The fraction of sp³-hybridized carbons (Fsp3) is 0.381. The van der Waals surface area contributed by atoms with Crippen molar-refractivity contribution in [2.24, 2.45) is 0 Å². The fourth-order valence-corrected chi connectivity index (χ4v) is 3.63. The van der Waals surface area contributed by atoms with Crippen LogP contribution in [0.5, 0.6) is 11.5 Å². The summed E-state index contributed by atoms with van der Waals surface area (Å²) >= 11 is 7.74. The van der Waals surface area contributed by atoms with Crippen LogP contribution >= 0.6 is 23.4 Å². The van der Waals surface area contributed by atoms with Crippen molar-refractivity contribution < 1.29 is 19.0 Å². The molecular formula is C21H24ClNO4S. The molecule has 3 rings (SSSR count). The van der Waals surface area contributed by atoms with Gasteiger partial charge in [-0.1, -0.05) is 17.7 Å². The Hall–Kier alpha value is -1.89. The molecule has 1 unspecified atom stereocenters. The lowest BCUT2D eigenvalue weighted by Crippen LogP contribution is -2.23. The Morgan fingerprint density at radius 2 is 2.14 bits per heavy atom. The second-order valence-electron chi connectivity index (χ2n) is 6.46. The number of hydrogen-bond acceptors (Lipinski definition) is 5. The SMILES string of the molecule is COc1cc(CNC(=O)c2cc(SC)ccc2Cl)ccc1OCC1CCCO1. The third-order valence-corrected chi connectivity index (χ3v) is 5.60. The van der Waals surface area contributed by atoms with Gasteiger partial charge in [-0.25, -0.2) is 0 Å². The highest BCUT2D eigenvalue weighted by Gasteiger charge is 2.17. The minimum Gasteiger partial charge on any atom is -0.493 e. The zero-order valence-corrected chi connectivity index (χ0v) is 17.6. The number of halogens is 1. The third kappa shape index (κ3) is 5.34. The summed E-state index contributed by atoms with van der Waals surface area (Å²) in [5, 5.41) is 3.34. The van der Waals surface area contributed by atoms with Crippen molar-refractivity contribution in [2.45, 2.75) is 30.4 Å². The van der Waals surface area contributed by atoms with Crippen molar-refractivity contribution in [3.05, 3.63) is 52.5 Å². The van der Waals surface area contributed by atoms with E-state index >= 15 is 0 Å². The maximum Gasteiger partial charge on any atom is 0.253 e. The van der Waals surface area contributed by atoms with Gasteiger partial charge in [-0.2, -0.15) is 0 Å². The molecule has 5 nitrogen and oxygen atoms in total. The van der Waals surface area contributed by atoms with E-state index in [4.69, 9.17) is 25.8 Å². The Balaban J connectivity index is 1.61. The summed E-state index contributed by atoms with van der Waals surface area (Å²) in [7, 11) is 1.60. The second-order valence-corrected chi connectivity index (χ2v) is 7.75. The van der Waals surface area contributed by atoms with Gasteiger partial charge in [0.25, 0.3) is 5.91 Å². The largest absolute Gasteiger partial charge is 0.493 e. The quantitative estimate of drug-likeness (QED) is 0.633. The van der Waals surface area contributed by atoms with Crippen LogP contribution in [-0.2, 0) is 11.3 Å². The minimum absolute atomic E-state index is 0.144. The molecule has 0 aliphatic carbocycles. The minimum atomic E-state index is -0.210. The molecule has 150 valence electrons. The highest BCUT2D eigenvalue weighted by atomic mass is 35.5. The summed E-state index contributed by atoms with van der Waals surface area (Å²) in [6.45, 7) is 1.67. The molecule has 2 aromatic carbocycles. The number of amides is 1. The summed E-state index contributed by atoms with van der Waals surface area (Å²) in [6.07, 6.45) is 4.20. The molecule has 1 amide bonds. The zero-order valence-electron chi connectivity index (χ0n) is 16.0. The molecular weight excluding hydrogens is 398 g/mol. The standard InChI is InChI=1S/C21H24ClNO4S/c1-25-20-10-14(5-8-19(20)27-13-15-4-3-9-26-15)12-23-21(24)17-11-16(28-2)6-7-18(17)22/h5-8,10-11,15H,3-4,9,12-13H2,1-2H3,(H,23,24). The smallest absolute Gasteiger partial charge is 0.253 e. The van der Waals surface area contributed by atoms with E-state index in [1.54, 1.807) is 31.0 Å². The van der Waals surface area contributed by atoms with Crippen molar-refractivity contribution >= 4 is 29.3 Å². The van der Waals surface area contributed by atoms with Crippen LogP contribution in [0.4, 0.5) is 0 Å². The third-order valence-electron chi connectivity index (χ3n) is 4.55. The monoisotopic (exact) mass is 421 g/mol. The van der Waals surface area contributed by atoms with Crippen LogP contribution < -0.4 is 14.8 Å². The molecule has 0 aromatic heterocycles. The summed E-state index contributed by atoms with van der Waals surface area (Å²) in [5.41, 5.74) is 1.38. The lowest BCUT2D eigenvalue weighted by molar-refractivity contribution is 0.0669. The van der Waals surface area contributed by atoms with Crippen LogP contribution in [0.25, 0.3) is 0 Å². The maximum absolute atomic E-state index is 12.5. The maximum atomic E-state index is 12.5. The normalized spacial score (nSPS) is 16.0. The predicted molar refractivity (Wildman–Crippen MR) is 112 cm³/mol. The van der Waals surface area contributed by atoms with Crippen LogP contribution in [0.3, 0.4) is 0 Å². The van der Waals surface area contributed by atoms with Gasteiger partial charge in [0.2, 0.25) is 0 Å². The molecule has 1 fully saturated rings. The van der Waals surface area contributed by atoms with Gasteiger partial charge in [-0.15, -0.1) is 11.8 Å². The molecule has 1 aliphatic heterocycles. The van der Waals surface area contributed by atoms with E-state index in [1.807, 2.05) is 30.5 Å². The predicted octanol–water partition coefficient (Wildman–Crippen LogP) is 4.56. The summed E-state index contributed by atoms with van der Waals surface area (Å²) < 4.78 is 16.9. The molecule has 0 bridgehead atoms. The van der Waals surface area contributed by atoms with Crippen molar-refractivity contribution in [1.29, 1.82) is 0 Å². The first-order valence-electron chi connectivity index (χ1n) is 9.13. The van der Waals surface area contributed by atoms with Gasteiger partial charge in [0, 0.05) is 18.0 Å². The average molecular weight is 422 g/mol. The van der Waals surface area contributed by atoms with Gasteiger partial charge in [-0.05, 0) is 55.0 Å². The van der Waals surface area contributed by atoms with Crippen molar-refractivity contribution in [3.63, 3.8) is 0 Å². The summed E-state index contributed by atoms with van der Waals surface area (Å²) in [4.78, 5) is 13.5. The van der Waals surface area contributed by atoms with Gasteiger partial charge < -0.3 is 19.5 Å². The molecule has 1 saturated heterocycles. The molecule has 7 heteroatoms. The lowest BCUT2D eigenvalue weighted by atomic mass is 10.1. The van der Waals surface area contributed by atoms with Gasteiger partial charge in [0.1, 0.15) is 6.61 Å². The number of carbonyl (C=O) groups is 1. The van der Waals surface area contributed by atoms with E-state index in [1.165, 1.54) is 0 Å². The van der Waals surface area contributed by atoms with E-state index in [0.717, 1.165) is 29.9 Å². The number of nitrogens with one attached hydrogen (secondary N) is 1. The average Bonchev–Trinajstić information content (AvgIpc) is 3.24. The van der Waals surface area contributed by atoms with Crippen LogP contribution in [0.1, 0.15) is 28.8 Å². The number of methoxy groups -OCH3 is 1. The van der Waals surface area contributed by atoms with E-state index in [2.05, 4.69) is 5.32 Å². The topological polar surface area (TPSA) is 56.8 Å². The molecule has 0 spiro atoms. The number of benzene rings is 2. The molecule has 28 heavy (non-hydrogen) atoms. The first kappa shape index (κ1) is 20.8. The van der Waals surface area contributed by atoms with Crippen molar-refractivity contribution in [3.8, 4) is 11.5 Å². The number of thioether (sulfide) groups is 1. The Morgan fingerprint density at radius 1 is 1.29 bits per heavy atom. The van der Waals surface area contributed by atoms with E-state index < -0.39 is 0 Å².